The van der Waals surface area contributed by atoms with Crippen LogP contribution in [0.15, 0.2) is 48.5 Å². The highest BCUT2D eigenvalue weighted by molar-refractivity contribution is 6.30. The van der Waals surface area contributed by atoms with Crippen LogP contribution in [0.3, 0.4) is 0 Å². The van der Waals surface area contributed by atoms with Gasteiger partial charge in [-0.25, -0.2) is 4.68 Å². The summed E-state index contributed by atoms with van der Waals surface area (Å²) < 4.78 is 6.68. The van der Waals surface area contributed by atoms with Crippen LogP contribution in [-0.2, 0) is 4.79 Å². The van der Waals surface area contributed by atoms with E-state index >= 15 is 0 Å². The zero-order chi connectivity index (χ0) is 19.7. The average Bonchev–Trinajstić information content (AvgIpc) is 3.10. The highest BCUT2D eigenvalue weighted by atomic mass is 35.5. The molecule has 2 N–H and O–H groups in total. The quantitative estimate of drug-likeness (QED) is 0.704. The average molecular weight is 398 g/mol. The molecule has 142 valence electrons. The number of nitrogens with one attached hydrogen (secondary N) is 2. The van der Waals surface area contributed by atoms with Crippen molar-refractivity contribution in [2.24, 2.45) is 0 Å². The molecule has 28 heavy (non-hydrogen) atoms. The van der Waals surface area contributed by atoms with Gasteiger partial charge in [0, 0.05) is 10.6 Å². The summed E-state index contributed by atoms with van der Waals surface area (Å²) in [6.45, 7) is 0. The van der Waals surface area contributed by atoms with E-state index in [2.05, 4.69) is 20.7 Å². The third-order valence-electron chi connectivity index (χ3n) is 4.39. The van der Waals surface area contributed by atoms with Crippen molar-refractivity contribution in [2.45, 2.75) is 12.5 Å². The molecule has 4 rings (SSSR count). The van der Waals surface area contributed by atoms with E-state index in [4.69, 9.17) is 16.3 Å². The molecule has 0 saturated heterocycles. The Morgan fingerprint density at radius 1 is 1.21 bits per heavy atom. The van der Waals surface area contributed by atoms with E-state index in [9.17, 15) is 9.59 Å². The molecule has 0 radical (unpaired) electrons. The van der Waals surface area contributed by atoms with Gasteiger partial charge in [-0.1, -0.05) is 23.7 Å². The normalized spacial score (nSPS) is 15.5. The highest BCUT2D eigenvalue weighted by Gasteiger charge is 2.29. The Kier molecular flexibility index (Phi) is 4.70. The lowest BCUT2D eigenvalue weighted by atomic mass is 10.0. The first-order valence-corrected chi connectivity index (χ1v) is 8.88. The van der Waals surface area contributed by atoms with Gasteiger partial charge in [0.1, 0.15) is 5.75 Å². The molecule has 0 aliphatic carbocycles. The zero-order valence-electron chi connectivity index (χ0n) is 14.8. The number of fused-ring (bicyclic) bond motifs is 1. The van der Waals surface area contributed by atoms with Gasteiger partial charge in [0.25, 0.3) is 11.9 Å². The summed E-state index contributed by atoms with van der Waals surface area (Å²) in [6.07, 6.45) is 0.212. The molecule has 0 fully saturated rings. The fourth-order valence-corrected chi connectivity index (χ4v) is 3.10. The molecule has 8 nitrogen and oxygen atoms in total. The number of nitrogens with zero attached hydrogens (tertiary/aromatic N) is 3. The number of aromatic nitrogens is 3. The Balaban J connectivity index is 1.59. The minimum Gasteiger partial charge on any atom is -0.497 e. The predicted molar refractivity (Wildman–Crippen MR) is 104 cm³/mol. The Morgan fingerprint density at radius 2 is 1.93 bits per heavy atom. The SMILES string of the molecule is COc1ccc(C(=O)Nc2nc3n(n2)[C@@H](c2ccc(Cl)cc2)CC(=O)N3)cc1. The van der Waals surface area contributed by atoms with Gasteiger partial charge in [-0.3, -0.25) is 20.2 Å². The topological polar surface area (TPSA) is 98.1 Å². The number of halogens is 1. The second-order valence-corrected chi connectivity index (χ2v) is 6.64. The number of benzene rings is 2. The third-order valence-corrected chi connectivity index (χ3v) is 4.64. The van der Waals surface area contributed by atoms with Gasteiger partial charge in [0.15, 0.2) is 0 Å². The first kappa shape index (κ1) is 18.0. The number of amides is 2. The van der Waals surface area contributed by atoms with Crippen molar-refractivity contribution in [3.05, 3.63) is 64.7 Å². The van der Waals surface area contributed by atoms with Crippen LogP contribution in [0.4, 0.5) is 11.9 Å². The summed E-state index contributed by atoms with van der Waals surface area (Å²) in [6, 6.07) is 13.5. The lowest BCUT2D eigenvalue weighted by Crippen LogP contribution is -2.29. The molecular formula is C19H16ClN5O3. The summed E-state index contributed by atoms with van der Waals surface area (Å²) in [5, 5.41) is 10.3. The number of anilines is 2. The molecule has 1 aliphatic heterocycles. The van der Waals surface area contributed by atoms with Gasteiger partial charge in [0.2, 0.25) is 11.9 Å². The summed E-state index contributed by atoms with van der Waals surface area (Å²) in [7, 11) is 1.56. The molecule has 0 bridgehead atoms. The molecular weight excluding hydrogens is 382 g/mol. The lowest BCUT2D eigenvalue weighted by molar-refractivity contribution is -0.117. The van der Waals surface area contributed by atoms with E-state index in [1.807, 2.05) is 12.1 Å². The first-order chi connectivity index (χ1) is 13.5. The van der Waals surface area contributed by atoms with Crippen molar-refractivity contribution in [2.75, 3.05) is 17.7 Å². The van der Waals surface area contributed by atoms with Crippen molar-refractivity contribution in [3.63, 3.8) is 0 Å². The van der Waals surface area contributed by atoms with Crippen LogP contribution in [0.2, 0.25) is 5.02 Å². The Bertz CT molecular complexity index is 1030. The lowest BCUT2D eigenvalue weighted by Gasteiger charge is -2.23. The number of carbonyl (C=O) groups is 2. The van der Waals surface area contributed by atoms with Crippen molar-refractivity contribution >= 4 is 35.3 Å². The summed E-state index contributed by atoms with van der Waals surface area (Å²) in [4.78, 5) is 28.7. The molecule has 0 unspecified atom stereocenters. The molecule has 0 spiro atoms. The monoisotopic (exact) mass is 397 g/mol. The van der Waals surface area contributed by atoms with Gasteiger partial charge >= 0.3 is 0 Å². The Morgan fingerprint density at radius 3 is 2.61 bits per heavy atom. The van der Waals surface area contributed by atoms with Gasteiger partial charge in [-0.15, -0.1) is 5.10 Å². The van der Waals surface area contributed by atoms with Gasteiger partial charge in [0.05, 0.1) is 19.6 Å². The van der Waals surface area contributed by atoms with Gasteiger partial charge < -0.3 is 4.74 Å². The fraction of sp³-hybridized carbons (Fsp3) is 0.158. The summed E-state index contributed by atoms with van der Waals surface area (Å²) >= 11 is 5.95. The van der Waals surface area contributed by atoms with Crippen molar-refractivity contribution in [3.8, 4) is 5.75 Å². The number of hydrogen-bond donors (Lipinski definition) is 2. The van der Waals surface area contributed by atoms with Crippen molar-refractivity contribution < 1.29 is 14.3 Å². The number of methoxy groups -OCH3 is 1. The maximum absolute atomic E-state index is 12.4. The van der Waals surface area contributed by atoms with Crippen LogP contribution < -0.4 is 15.4 Å². The van der Waals surface area contributed by atoms with E-state index in [1.54, 1.807) is 48.2 Å². The molecule has 2 aromatic carbocycles. The first-order valence-electron chi connectivity index (χ1n) is 8.51. The molecule has 0 saturated carbocycles. The van der Waals surface area contributed by atoms with Crippen LogP contribution in [-0.4, -0.2) is 33.7 Å². The molecule has 2 amide bonds. The van der Waals surface area contributed by atoms with Crippen LogP contribution in [0.25, 0.3) is 0 Å². The molecule has 2 heterocycles. The minimum atomic E-state index is -0.361. The van der Waals surface area contributed by atoms with Crippen LogP contribution in [0.1, 0.15) is 28.4 Å². The van der Waals surface area contributed by atoms with Gasteiger partial charge in [-0.05, 0) is 42.0 Å². The van der Waals surface area contributed by atoms with E-state index < -0.39 is 0 Å². The largest absolute Gasteiger partial charge is 0.497 e. The Labute approximate surface area is 165 Å². The van der Waals surface area contributed by atoms with E-state index in [0.717, 1.165) is 5.56 Å². The van der Waals surface area contributed by atoms with E-state index in [-0.39, 0.29) is 36.2 Å². The Hall–Kier alpha value is -3.39. The van der Waals surface area contributed by atoms with Crippen molar-refractivity contribution in [1.82, 2.24) is 14.8 Å². The summed E-state index contributed by atoms with van der Waals surface area (Å²) in [5.41, 5.74) is 1.31. The second-order valence-electron chi connectivity index (χ2n) is 6.21. The standard InChI is InChI=1S/C19H16ClN5O3/c1-28-14-8-4-12(5-9-14)17(27)22-18-23-19-21-16(26)10-15(25(19)24-18)11-2-6-13(20)7-3-11/h2-9,15H,10H2,1H3,(H2,21,22,23,24,26,27)/t15-/m1/s1. The molecule has 9 heteroatoms. The second kappa shape index (κ2) is 7.32. The van der Waals surface area contributed by atoms with Gasteiger partial charge in [-0.2, -0.15) is 4.98 Å². The van der Waals surface area contributed by atoms with E-state index in [0.29, 0.717) is 16.3 Å². The molecule has 1 aliphatic rings. The molecule has 1 atom stereocenters. The van der Waals surface area contributed by atoms with Crippen LogP contribution in [0, 0.1) is 0 Å². The summed E-state index contributed by atoms with van der Waals surface area (Å²) in [5.74, 6) is 0.506. The highest BCUT2D eigenvalue weighted by Crippen LogP contribution is 2.30. The number of rotatable bonds is 4. The fourth-order valence-electron chi connectivity index (χ4n) is 2.98. The number of ether oxygens (including phenoxy) is 1. The predicted octanol–water partition coefficient (Wildman–Crippen LogP) is 3.12. The third kappa shape index (κ3) is 3.54. The zero-order valence-corrected chi connectivity index (χ0v) is 15.6. The maximum Gasteiger partial charge on any atom is 0.258 e. The van der Waals surface area contributed by atoms with Crippen LogP contribution >= 0.6 is 11.6 Å². The smallest absolute Gasteiger partial charge is 0.258 e. The maximum atomic E-state index is 12.4. The van der Waals surface area contributed by atoms with Crippen LogP contribution in [0.5, 0.6) is 5.75 Å². The molecule has 1 aromatic heterocycles. The number of carbonyl (C=O) groups excluding carboxylic acids is 2. The minimum absolute atomic E-state index is 0.108. The van der Waals surface area contributed by atoms with E-state index in [1.165, 1.54) is 0 Å². The number of hydrogen-bond acceptors (Lipinski definition) is 5. The van der Waals surface area contributed by atoms with Crippen molar-refractivity contribution in [1.29, 1.82) is 0 Å². The molecule has 3 aromatic rings.